The van der Waals surface area contributed by atoms with E-state index >= 15 is 0 Å². The topological polar surface area (TPSA) is 41.5 Å². The highest BCUT2D eigenvalue weighted by Gasteiger charge is 2.19. The molecule has 100 valence electrons. The van der Waals surface area contributed by atoms with Crippen LogP contribution in [0.4, 0.5) is 0 Å². The van der Waals surface area contributed by atoms with Gasteiger partial charge < -0.3 is 15.2 Å². The van der Waals surface area contributed by atoms with Gasteiger partial charge in [0.1, 0.15) is 0 Å². The molecule has 2 rings (SSSR count). The van der Waals surface area contributed by atoms with Gasteiger partial charge in [-0.1, -0.05) is 29.8 Å². The van der Waals surface area contributed by atoms with Crippen molar-refractivity contribution in [3.63, 3.8) is 0 Å². The van der Waals surface area contributed by atoms with Crippen LogP contribution in [0.15, 0.2) is 24.3 Å². The molecule has 0 saturated carbocycles. The van der Waals surface area contributed by atoms with Crippen LogP contribution in [-0.2, 0) is 4.74 Å². The molecule has 3 nitrogen and oxygen atoms in total. The van der Waals surface area contributed by atoms with Crippen molar-refractivity contribution in [1.29, 1.82) is 0 Å². The van der Waals surface area contributed by atoms with E-state index in [0.717, 1.165) is 25.0 Å². The molecule has 1 aromatic rings. The summed E-state index contributed by atoms with van der Waals surface area (Å²) in [5, 5.41) is 13.5. The predicted molar refractivity (Wildman–Crippen MR) is 72.6 cm³/mol. The Labute approximate surface area is 109 Å². The summed E-state index contributed by atoms with van der Waals surface area (Å²) in [5.74, 6) is 0. The summed E-state index contributed by atoms with van der Waals surface area (Å²) in [5.41, 5.74) is 2.20. The van der Waals surface area contributed by atoms with Crippen molar-refractivity contribution in [2.24, 2.45) is 0 Å². The van der Waals surface area contributed by atoms with Crippen LogP contribution >= 0.6 is 0 Å². The second kappa shape index (κ2) is 6.32. The van der Waals surface area contributed by atoms with Crippen molar-refractivity contribution in [3.8, 4) is 0 Å². The Hall–Kier alpha value is -0.900. The minimum absolute atomic E-state index is 0.327. The second-order valence-corrected chi connectivity index (χ2v) is 5.24. The lowest BCUT2D eigenvalue weighted by molar-refractivity contribution is 0.0109. The van der Waals surface area contributed by atoms with Crippen molar-refractivity contribution < 1.29 is 9.84 Å². The normalized spacial score (nSPS) is 25.9. The Morgan fingerprint density at radius 1 is 1.39 bits per heavy atom. The molecule has 1 aromatic carbocycles. The number of aryl methyl sites for hydroxylation is 1. The molecule has 0 aliphatic carbocycles. The van der Waals surface area contributed by atoms with Crippen LogP contribution in [-0.4, -0.2) is 30.4 Å². The molecule has 0 radical (unpaired) electrons. The minimum Gasteiger partial charge on any atom is -0.387 e. The minimum atomic E-state index is -0.427. The van der Waals surface area contributed by atoms with Gasteiger partial charge >= 0.3 is 0 Å². The smallest absolute Gasteiger partial charge is 0.0914 e. The van der Waals surface area contributed by atoms with Crippen LogP contribution in [0.3, 0.4) is 0 Å². The Kier molecular flexibility index (Phi) is 4.75. The van der Waals surface area contributed by atoms with Crippen LogP contribution in [0.25, 0.3) is 0 Å². The van der Waals surface area contributed by atoms with Crippen LogP contribution < -0.4 is 5.32 Å². The highest BCUT2D eigenvalue weighted by Crippen LogP contribution is 2.16. The maximum atomic E-state index is 10.1. The molecule has 18 heavy (non-hydrogen) atoms. The van der Waals surface area contributed by atoms with Gasteiger partial charge in [0.05, 0.1) is 12.2 Å². The number of aliphatic hydroxyl groups excluding tert-OH is 1. The number of nitrogens with one attached hydrogen (secondary N) is 1. The number of aliphatic hydroxyl groups is 1. The van der Waals surface area contributed by atoms with Crippen molar-refractivity contribution >= 4 is 0 Å². The van der Waals surface area contributed by atoms with Gasteiger partial charge in [-0.25, -0.2) is 0 Å². The zero-order valence-electron chi connectivity index (χ0n) is 11.2. The summed E-state index contributed by atoms with van der Waals surface area (Å²) in [4.78, 5) is 0. The number of benzene rings is 1. The molecule has 1 aliphatic rings. The maximum absolute atomic E-state index is 10.1. The molecule has 1 fully saturated rings. The van der Waals surface area contributed by atoms with Crippen LogP contribution in [0.2, 0.25) is 0 Å². The number of rotatable bonds is 4. The van der Waals surface area contributed by atoms with Gasteiger partial charge in [0, 0.05) is 19.2 Å². The summed E-state index contributed by atoms with van der Waals surface area (Å²) in [6.07, 6.45) is 1.96. The lowest BCUT2D eigenvalue weighted by Gasteiger charge is -2.28. The third-order valence-corrected chi connectivity index (χ3v) is 3.55. The first kappa shape index (κ1) is 13.5. The fraction of sp³-hybridized carbons (Fsp3) is 0.600. The first-order valence-corrected chi connectivity index (χ1v) is 6.75. The van der Waals surface area contributed by atoms with Gasteiger partial charge in [-0.2, -0.15) is 0 Å². The standard InChI is InChI=1S/C15H23NO2/c1-11-3-5-13(6-4-11)15(17)10-16-14-7-8-18-12(2)9-14/h3-6,12,14-17H,7-10H2,1-2H3/t12-,14-,15-/m1/s1. The van der Waals surface area contributed by atoms with Crippen LogP contribution in [0, 0.1) is 6.92 Å². The van der Waals surface area contributed by atoms with E-state index in [-0.39, 0.29) is 0 Å². The third kappa shape index (κ3) is 3.80. The van der Waals surface area contributed by atoms with Crippen LogP contribution in [0.1, 0.15) is 37.0 Å². The Balaban J connectivity index is 1.80. The monoisotopic (exact) mass is 249 g/mol. The van der Waals surface area contributed by atoms with E-state index < -0.39 is 6.10 Å². The summed E-state index contributed by atoms with van der Waals surface area (Å²) in [7, 11) is 0. The Morgan fingerprint density at radius 3 is 2.78 bits per heavy atom. The van der Waals surface area contributed by atoms with Gasteiger partial charge in [-0.3, -0.25) is 0 Å². The zero-order chi connectivity index (χ0) is 13.0. The average molecular weight is 249 g/mol. The number of ether oxygens (including phenoxy) is 1. The number of hydrogen-bond donors (Lipinski definition) is 2. The molecule has 3 heteroatoms. The lowest BCUT2D eigenvalue weighted by atomic mass is 10.0. The molecule has 3 atom stereocenters. The van der Waals surface area contributed by atoms with E-state index in [4.69, 9.17) is 4.74 Å². The SMILES string of the molecule is Cc1ccc([C@H](O)CN[C@@H]2CCO[C@H](C)C2)cc1. The quantitative estimate of drug-likeness (QED) is 0.859. The molecule has 1 aliphatic heterocycles. The first-order valence-electron chi connectivity index (χ1n) is 6.75. The van der Waals surface area contributed by atoms with E-state index in [0.29, 0.717) is 18.7 Å². The van der Waals surface area contributed by atoms with Crippen LogP contribution in [0.5, 0.6) is 0 Å². The number of hydrogen-bond acceptors (Lipinski definition) is 3. The molecule has 0 amide bonds. The van der Waals surface area contributed by atoms with Crippen molar-refractivity contribution in [3.05, 3.63) is 35.4 Å². The molecule has 2 N–H and O–H groups in total. The van der Waals surface area contributed by atoms with E-state index in [9.17, 15) is 5.11 Å². The molecule has 0 bridgehead atoms. The fourth-order valence-corrected chi connectivity index (χ4v) is 2.37. The van der Waals surface area contributed by atoms with Gasteiger partial charge in [0.2, 0.25) is 0 Å². The summed E-state index contributed by atoms with van der Waals surface area (Å²) in [6.45, 7) is 5.59. The average Bonchev–Trinajstić information content (AvgIpc) is 2.37. The second-order valence-electron chi connectivity index (χ2n) is 5.24. The summed E-state index contributed by atoms with van der Waals surface area (Å²) < 4.78 is 5.51. The summed E-state index contributed by atoms with van der Waals surface area (Å²) in [6, 6.07) is 8.53. The van der Waals surface area contributed by atoms with Gasteiger partial charge in [-0.05, 0) is 32.3 Å². The summed E-state index contributed by atoms with van der Waals surface area (Å²) >= 11 is 0. The molecule has 0 spiro atoms. The zero-order valence-corrected chi connectivity index (χ0v) is 11.2. The van der Waals surface area contributed by atoms with Crippen molar-refractivity contribution in [1.82, 2.24) is 5.32 Å². The van der Waals surface area contributed by atoms with Crippen molar-refractivity contribution in [2.75, 3.05) is 13.2 Å². The Morgan fingerprint density at radius 2 is 2.11 bits per heavy atom. The highest BCUT2D eigenvalue weighted by molar-refractivity contribution is 5.23. The Bertz CT molecular complexity index is 363. The molecule has 1 saturated heterocycles. The van der Waals surface area contributed by atoms with Gasteiger partial charge in [-0.15, -0.1) is 0 Å². The van der Waals surface area contributed by atoms with E-state index in [2.05, 4.69) is 19.2 Å². The maximum Gasteiger partial charge on any atom is 0.0914 e. The van der Waals surface area contributed by atoms with E-state index in [1.807, 2.05) is 24.3 Å². The molecule has 0 aromatic heterocycles. The lowest BCUT2D eigenvalue weighted by Crippen LogP contribution is -2.39. The molecule has 0 unspecified atom stereocenters. The first-order chi connectivity index (χ1) is 8.65. The third-order valence-electron chi connectivity index (χ3n) is 3.55. The van der Waals surface area contributed by atoms with E-state index in [1.54, 1.807) is 0 Å². The largest absolute Gasteiger partial charge is 0.387 e. The van der Waals surface area contributed by atoms with Gasteiger partial charge in [0.15, 0.2) is 0 Å². The van der Waals surface area contributed by atoms with Crippen molar-refractivity contribution in [2.45, 2.75) is 44.9 Å². The molecular formula is C15H23NO2. The predicted octanol–water partition coefficient (Wildman–Crippen LogP) is 2.19. The molecule has 1 heterocycles. The van der Waals surface area contributed by atoms with E-state index in [1.165, 1.54) is 5.56 Å². The fourth-order valence-electron chi connectivity index (χ4n) is 2.37. The highest BCUT2D eigenvalue weighted by atomic mass is 16.5. The molecular weight excluding hydrogens is 226 g/mol. The van der Waals surface area contributed by atoms with Gasteiger partial charge in [0.25, 0.3) is 0 Å².